The van der Waals surface area contributed by atoms with Crippen molar-refractivity contribution < 1.29 is 14.3 Å². The molecule has 3 rings (SSSR count). The second-order valence-corrected chi connectivity index (χ2v) is 7.47. The number of carbonyl (C=O) groups excluding carboxylic acids is 2. The fraction of sp³-hybridized carbons (Fsp3) is 0.474. The normalized spacial score (nSPS) is 17.3. The zero-order valence-corrected chi connectivity index (χ0v) is 16.7. The Morgan fingerprint density at radius 1 is 1.30 bits per heavy atom. The summed E-state index contributed by atoms with van der Waals surface area (Å²) in [6.45, 7) is 3.11. The number of carbonyl (C=O) groups is 2. The first-order valence-corrected chi connectivity index (χ1v) is 9.78. The van der Waals surface area contributed by atoms with Crippen LogP contribution in [0.4, 0.5) is 0 Å². The fourth-order valence-electron chi connectivity index (χ4n) is 3.37. The van der Waals surface area contributed by atoms with Crippen LogP contribution in [0.3, 0.4) is 0 Å². The van der Waals surface area contributed by atoms with E-state index in [9.17, 15) is 9.59 Å². The van der Waals surface area contributed by atoms with Crippen molar-refractivity contribution in [2.24, 2.45) is 0 Å². The average molecular weight is 388 g/mol. The minimum Gasteiger partial charge on any atom is -0.497 e. The summed E-state index contributed by atoms with van der Waals surface area (Å²) >= 11 is 1.14. The molecule has 1 atom stereocenters. The van der Waals surface area contributed by atoms with Crippen molar-refractivity contribution in [3.8, 4) is 5.75 Å². The monoisotopic (exact) mass is 388 g/mol. The molecule has 0 spiro atoms. The Morgan fingerprint density at radius 2 is 2.11 bits per heavy atom. The van der Waals surface area contributed by atoms with Crippen LogP contribution in [0.25, 0.3) is 0 Å². The molecule has 27 heavy (non-hydrogen) atoms. The van der Waals surface area contributed by atoms with E-state index in [0.717, 1.165) is 30.8 Å². The van der Waals surface area contributed by atoms with Crippen LogP contribution in [-0.2, 0) is 0 Å². The lowest BCUT2D eigenvalue weighted by Crippen LogP contribution is -2.38. The van der Waals surface area contributed by atoms with Crippen molar-refractivity contribution in [3.05, 3.63) is 40.4 Å². The molecule has 0 radical (unpaired) electrons. The van der Waals surface area contributed by atoms with Crippen LogP contribution in [0, 0.1) is 6.92 Å². The van der Waals surface area contributed by atoms with E-state index in [4.69, 9.17) is 4.74 Å². The second-order valence-electron chi connectivity index (χ2n) is 6.71. The number of methoxy groups -OCH3 is 1. The molecule has 1 fully saturated rings. The minimum absolute atomic E-state index is 0.00933. The number of aromatic nitrogens is 2. The third-order valence-electron chi connectivity index (χ3n) is 5.02. The number of hydrogen-bond acceptors (Lipinski definition) is 6. The van der Waals surface area contributed by atoms with Gasteiger partial charge in [0.1, 0.15) is 10.6 Å². The van der Waals surface area contributed by atoms with E-state index < -0.39 is 0 Å². The van der Waals surface area contributed by atoms with Gasteiger partial charge < -0.3 is 14.5 Å². The molecule has 0 unspecified atom stereocenters. The van der Waals surface area contributed by atoms with Gasteiger partial charge in [-0.3, -0.25) is 9.59 Å². The molecule has 0 N–H and O–H groups in total. The highest BCUT2D eigenvalue weighted by atomic mass is 32.1. The van der Waals surface area contributed by atoms with Crippen molar-refractivity contribution in [1.82, 2.24) is 19.4 Å². The summed E-state index contributed by atoms with van der Waals surface area (Å²) < 4.78 is 9.07. The van der Waals surface area contributed by atoms with Crippen molar-refractivity contribution in [3.63, 3.8) is 0 Å². The maximum Gasteiger partial charge on any atom is 0.267 e. The molecule has 0 saturated carbocycles. The van der Waals surface area contributed by atoms with Gasteiger partial charge in [0, 0.05) is 31.7 Å². The molecule has 8 heteroatoms. The molecule has 0 aliphatic carbocycles. The molecular weight excluding hydrogens is 364 g/mol. The number of ether oxygens (including phenoxy) is 1. The second kappa shape index (κ2) is 8.47. The Labute approximate surface area is 163 Å². The van der Waals surface area contributed by atoms with E-state index >= 15 is 0 Å². The van der Waals surface area contributed by atoms with Gasteiger partial charge in [-0.2, -0.15) is 0 Å². The molecule has 1 saturated heterocycles. The summed E-state index contributed by atoms with van der Waals surface area (Å²) in [5, 5.41) is 3.93. The number of rotatable bonds is 4. The molecule has 2 aromatic rings. The first-order valence-electron chi connectivity index (χ1n) is 9.00. The molecule has 0 bridgehead atoms. The highest BCUT2D eigenvalue weighted by molar-refractivity contribution is 7.07. The van der Waals surface area contributed by atoms with E-state index in [0.29, 0.717) is 35.0 Å². The summed E-state index contributed by atoms with van der Waals surface area (Å²) in [6, 6.07) is 7.29. The Morgan fingerprint density at radius 3 is 2.81 bits per heavy atom. The van der Waals surface area contributed by atoms with Crippen LogP contribution in [0.2, 0.25) is 0 Å². The molecule has 1 aliphatic rings. The fourth-order valence-corrected chi connectivity index (χ4v) is 3.99. The van der Waals surface area contributed by atoms with Crippen LogP contribution in [0.1, 0.15) is 45.0 Å². The SMILES string of the molecule is COc1cccc(C(=O)N(C)[C@@H]2CCCN(C(=O)c3snnc3C)CC2)c1. The lowest BCUT2D eigenvalue weighted by Gasteiger charge is -2.27. The molecule has 1 aromatic carbocycles. The quantitative estimate of drug-likeness (QED) is 0.805. The summed E-state index contributed by atoms with van der Waals surface area (Å²) in [5.74, 6) is 0.631. The zero-order valence-electron chi connectivity index (χ0n) is 15.8. The number of amides is 2. The summed E-state index contributed by atoms with van der Waals surface area (Å²) in [6.07, 6.45) is 2.48. The molecule has 144 valence electrons. The van der Waals surface area contributed by atoms with Crippen LogP contribution in [0.5, 0.6) is 5.75 Å². The Bertz CT molecular complexity index is 823. The van der Waals surface area contributed by atoms with E-state index in [1.54, 1.807) is 31.1 Å². The Kier molecular flexibility index (Phi) is 6.05. The van der Waals surface area contributed by atoms with Crippen LogP contribution >= 0.6 is 11.5 Å². The van der Waals surface area contributed by atoms with Gasteiger partial charge >= 0.3 is 0 Å². The standard InChI is InChI=1S/C19H24N4O3S/c1-13-17(27-21-20-13)19(25)23-10-5-7-15(9-11-23)22(2)18(24)14-6-4-8-16(12-14)26-3/h4,6,8,12,15H,5,7,9-11H2,1-3H3/t15-/m1/s1. The van der Waals surface area contributed by atoms with Gasteiger partial charge in [-0.1, -0.05) is 10.6 Å². The molecule has 2 heterocycles. The maximum atomic E-state index is 12.8. The Balaban J connectivity index is 1.65. The third kappa shape index (κ3) is 4.27. The highest BCUT2D eigenvalue weighted by Crippen LogP contribution is 2.22. The van der Waals surface area contributed by atoms with Crippen molar-refractivity contribution in [1.29, 1.82) is 0 Å². The first kappa shape index (κ1) is 19.3. The van der Waals surface area contributed by atoms with Crippen molar-refractivity contribution in [2.75, 3.05) is 27.2 Å². The molecule has 2 amide bonds. The topological polar surface area (TPSA) is 75.6 Å². The van der Waals surface area contributed by atoms with E-state index in [1.165, 1.54) is 0 Å². The number of likely N-dealkylation sites (tertiary alicyclic amines) is 1. The summed E-state index contributed by atoms with van der Waals surface area (Å²) in [4.78, 5) is 29.8. The molecular formula is C19H24N4O3S. The minimum atomic E-state index is -0.0267. The molecule has 1 aromatic heterocycles. The van der Waals surface area contributed by atoms with Crippen LogP contribution in [-0.4, -0.2) is 64.5 Å². The number of nitrogens with zero attached hydrogens (tertiary/aromatic N) is 4. The lowest BCUT2D eigenvalue weighted by atomic mass is 10.1. The Hall–Kier alpha value is -2.48. The third-order valence-corrected chi connectivity index (χ3v) is 5.83. The van der Waals surface area contributed by atoms with Gasteiger partial charge in [0.2, 0.25) is 0 Å². The smallest absolute Gasteiger partial charge is 0.267 e. The summed E-state index contributed by atoms with van der Waals surface area (Å²) in [5.41, 5.74) is 1.29. The number of benzene rings is 1. The number of aryl methyl sites for hydroxylation is 1. The van der Waals surface area contributed by atoms with Crippen LogP contribution < -0.4 is 4.74 Å². The lowest BCUT2D eigenvalue weighted by molar-refractivity contribution is 0.0710. The van der Waals surface area contributed by atoms with E-state index in [2.05, 4.69) is 9.59 Å². The van der Waals surface area contributed by atoms with E-state index in [1.807, 2.05) is 24.1 Å². The average Bonchev–Trinajstić information content (AvgIpc) is 2.97. The zero-order chi connectivity index (χ0) is 19.4. The number of hydrogen-bond donors (Lipinski definition) is 0. The van der Waals surface area contributed by atoms with Gasteiger partial charge in [0.05, 0.1) is 12.8 Å². The van der Waals surface area contributed by atoms with Crippen molar-refractivity contribution in [2.45, 2.75) is 32.2 Å². The van der Waals surface area contributed by atoms with Gasteiger partial charge in [0.25, 0.3) is 11.8 Å². The largest absolute Gasteiger partial charge is 0.497 e. The highest BCUT2D eigenvalue weighted by Gasteiger charge is 2.28. The molecule has 1 aliphatic heterocycles. The predicted molar refractivity (Wildman–Crippen MR) is 103 cm³/mol. The maximum absolute atomic E-state index is 12.8. The van der Waals surface area contributed by atoms with Gasteiger partial charge in [-0.15, -0.1) is 5.10 Å². The van der Waals surface area contributed by atoms with Gasteiger partial charge in [0.15, 0.2) is 0 Å². The van der Waals surface area contributed by atoms with Crippen LogP contribution in [0.15, 0.2) is 24.3 Å². The van der Waals surface area contributed by atoms with Gasteiger partial charge in [-0.05, 0) is 55.9 Å². The summed E-state index contributed by atoms with van der Waals surface area (Å²) in [7, 11) is 3.42. The predicted octanol–water partition coefficient (Wildman–Crippen LogP) is 2.62. The van der Waals surface area contributed by atoms with Gasteiger partial charge in [-0.25, -0.2) is 0 Å². The first-order chi connectivity index (χ1) is 13.0. The van der Waals surface area contributed by atoms with E-state index in [-0.39, 0.29) is 17.9 Å². The molecule has 7 nitrogen and oxygen atoms in total. The van der Waals surface area contributed by atoms with Crippen molar-refractivity contribution >= 4 is 23.3 Å².